The standard InChI is InChI=1S/C18H19ClN2O4S/c1-25-15-7-5-14(6-8-15)20-18(22)13-4-9-16(19)17(12-13)26(23,24)21-10-2-3-11-21/h4-9,12H,2-3,10-11H2,1H3,(H,20,22). The number of carbonyl (C=O) groups excluding carboxylic acids is 1. The van der Waals surface area contributed by atoms with E-state index in [-0.39, 0.29) is 15.5 Å². The first-order valence-electron chi connectivity index (χ1n) is 8.17. The molecule has 1 heterocycles. The summed E-state index contributed by atoms with van der Waals surface area (Å²) < 4.78 is 32.0. The Morgan fingerprint density at radius 2 is 1.77 bits per heavy atom. The van der Waals surface area contributed by atoms with Crippen molar-refractivity contribution in [3.63, 3.8) is 0 Å². The number of rotatable bonds is 5. The maximum Gasteiger partial charge on any atom is 0.255 e. The average Bonchev–Trinajstić information content (AvgIpc) is 3.18. The molecule has 0 spiro atoms. The van der Waals surface area contributed by atoms with E-state index in [1.165, 1.54) is 22.5 Å². The van der Waals surface area contributed by atoms with E-state index >= 15 is 0 Å². The van der Waals surface area contributed by atoms with Gasteiger partial charge in [-0.2, -0.15) is 4.31 Å². The lowest BCUT2D eigenvalue weighted by Gasteiger charge is -2.17. The second kappa shape index (κ2) is 7.65. The van der Waals surface area contributed by atoms with Crippen LogP contribution in [0.1, 0.15) is 23.2 Å². The van der Waals surface area contributed by atoms with Gasteiger partial charge in [-0.3, -0.25) is 4.79 Å². The molecule has 1 N–H and O–H groups in total. The Morgan fingerprint density at radius 1 is 1.12 bits per heavy atom. The zero-order valence-electron chi connectivity index (χ0n) is 14.2. The molecule has 1 amide bonds. The minimum absolute atomic E-state index is 0.0385. The van der Waals surface area contributed by atoms with Crippen LogP contribution in [0, 0.1) is 0 Å². The largest absolute Gasteiger partial charge is 0.497 e. The van der Waals surface area contributed by atoms with E-state index in [1.54, 1.807) is 31.4 Å². The summed E-state index contributed by atoms with van der Waals surface area (Å²) in [6, 6.07) is 11.1. The molecule has 1 fully saturated rings. The van der Waals surface area contributed by atoms with E-state index < -0.39 is 15.9 Å². The molecule has 2 aromatic carbocycles. The first-order chi connectivity index (χ1) is 12.4. The summed E-state index contributed by atoms with van der Waals surface area (Å²) in [5.41, 5.74) is 0.803. The molecule has 1 saturated heterocycles. The molecule has 1 aliphatic rings. The van der Waals surface area contributed by atoms with Crippen molar-refractivity contribution in [1.82, 2.24) is 4.31 Å². The number of methoxy groups -OCH3 is 1. The molecule has 0 atom stereocenters. The van der Waals surface area contributed by atoms with Crippen LogP contribution in [-0.4, -0.2) is 38.8 Å². The molecular formula is C18H19ClN2O4S. The predicted octanol–water partition coefficient (Wildman–Crippen LogP) is 3.39. The first kappa shape index (κ1) is 18.7. The molecule has 0 aliphatic carbocycles. The van der Waals surface area contributed by atoms with Gasteiger partial charge in [-0.25, -0.2) is 8.42 Å². The Balaban J connectivity index is 1.85. The van der Waals surface area contributed by atoms with Crippen LogP contribution in [0.2, 0.25) is 5.02 Å². The maximum absolute atomic E-state index is 12.8. The molecule has 2 aromatic rings. The highest BCUT2D eigenvalue weighted by atomic mass is 35.5. The lowest BCUT2D eigenvalue weighted by Crippen LogP contribution is -2.28. The third-order valence-electron chi connectivity index (χ3n) is 4.22. The summed E-state index contributed by atoms with van der Waals surface area (Å²) in [7, 11) is -2.14. The van der Waals surface area contributed by atoms with Gasteiger partial charge in [0.2, 0.25) is 10.0 Å². The van der Waals surface area contributed by atoms with Crippen LogP contribution in [0.15, 0.2) is 47.4 Å². The lowest BCUT2D eigenvalue weighted by molar-refractivity contribution is 0.102. The number of nitrogens with one attached hydrogen (secondary N) is 1. The van der Waals surface area contributed by atoms with Gasteiger partial charge in [0.05, 0.1) is 12.1 Å². The minimum Gasteiger partial charge on any atom is -0.497 e. The molecule has 0 saturated carbocycles. The van der Waals surface area contributed by atoms with Crippen molar-refractivity contribution in [1.29, 1.82) is 0 Å². The fraction of sp³-hybridized carbons (Fsp3) is 0.278. The lowest BCUT2D eigenvalue weighted by atomic mass is 10.2. The third kappa shape index (κ3) is 3.85. The summed E-state index contributed by atoms with van der Waals surface area (Å²) in [5.74, 6) is 0.262. The molecule has 0 radical (unpaired) electrons. The van der Waals surface area contributed by atoms with Crippen LogP contribution in [0.25, 0.3) is 0 Å². The molecule has 26 heavy (non-hydrogen) atoms. The zero-order chi connectivity index (χ0) is 18.7. The van der Waals surface area contributed by atoms with E-state index in [2.05, 4.69) is 5.32 Å². The van der Waals surface area contributed by atoms with Gasteiger partial charge in [0.15, 0.2) is 0 Å². The number of hydrogen-bond donors (Lipinski definition) is 1. The van der Waals surface area contributed by atoms with Crippen LogP contribution in [0.5, 0.6) is 5.75 Å². The van der Waals surface area contributed by atoms with Crippen LogP contribution in [0.3, 0.4) is 0 Å². The Labute approximate surface area is 157 Å². The highest BCUT2D eigenvalue weighted by Crippen LogP contribution is 2.28. The van der Waals surface area contributed by atoms with Crippen molar-refractivity contribution in [2.75, 3.05) is 25.5 Å². The van der Waals surface area contributed by atoms with Crippen molar-refractivity contribution in [3.05, 3.63) is 53.1 Å². The fourth-order valence-corrected chi connectivity index (χ4v) is 4.80. The zero-order valence-corrected chi connectivity index (χ0v) is 15.8. The van der Waals surface area contributed by atoms with Gasteiger partial charge in [-0.1, -0.05) is 11.6 Å². The minimum atomic E-state index is -3.70. The number of sulfonamides is 1. The second-order valence-corrected chi connectivity index (χ2v) is 8.25. The van der Waals surface area contributed by atoms with Gasteiger partial charge in [-0.15, -0.1) is 0 Å². The Bertz CT molecular complexity index is 907. The summed E-state index contributed by atoms with van der Waals surface area (Å²) in [6.45, 7) is 0.946. The van der Waals surface area contributed by atoms with Crippen molar-refractivity contribution in [2.45, 2.75) is 17.7 Å². The average molecular weight is 395 g/mol. The molecule has 0 bridgehead atoms. The van der Waals surface area contributed by atoms with Crippen LogP contribution >= 0.6 is 11.6 Å². The normalized spacial score (nSPS) is 15.0. The van der Waals surface area contributed by atoms with Crippen molar-refractivity contribution in [3.8, 4) is 5.75 Å². The van der Waals surface area contributed by atoms with E-state index in [9.17, 15) is 13.2 Å². The smallest absolute Gasteiger partial charge is 0.255 e. The molecule has 138 valence electrons. The highest BCUT2D eigenvalue weighted by molar-refractivity contribution is 7.89. The quantitative estimate of drug-likeness (QED) is 0.843. The van der Waals surface area contributed by atoms with Crippen molar-refractivity contribution in [2.24, 2.45) is 0 Å². The number of carbonyl (C=O) groups is 1. The number of hydrogen-bond acceptors (Lipinski definition) is 4. The van der Waals surface area contributed by atoms with Crippen LogP contribution < -0.4 is 10.1 Å². The van der Waals surface area contributed by atoms with E-state index in [0.717, 1.165) is 12.8 Å². The Morgan fingerprint density at radius 3 is 2.38 bits per heavy atom. The monoisotopic (exact) mass is 394 g/mol. The molecule has 0 unspecified atom stereocenters. The predicted molar refractivity (Wildman–Crippen MR) is 100 cm³/mol. The van der Waals surface area contributed by atoms with Crippen molar-refractivity contribution >= 4 is 33.2 Å². The van der Waals surface area contributed by atoms with Crippen LogP contribution in [0.4, 0.5) is 5.69 Å². The van der Waals surface area contributed by atoms with E-state index in [4.69, 9.17) is 16.3 Å². The molecule has 1 aliphatic heterocycles. The number of benzene rings is 2. The van der Waals surface area contributed by atoms with E-state index in [1.807, 2.05) is 0 Å². The van der Waals surface area contributed by atoms with Gasteiger partial charge < -0.3 is 10.1 Å². The molecular weight excluding hydrogens is 376 g/mol. The molecule has 6 nitrogen and oxygen atoms in total. The van der Waals surface area contributed by atoms with Crippen LogP contribution in [-0.2, 0) is 10.0 Å². The first-order valence-corrected chi connectivity index (χ1v) is 9.99. The maximum atomic E-state index is 12.8. The summed E-state index contributed by atoms with van der Waals surface area (Å²) in [5, 5.41) is 2.84. The number of halogens is 1. The Hall–Kier alpha value is -2.09. The molecule has 3 rings (SSSR count). The highest BCUT2D eigenvalue weighted by Gasteiger charge is 2.29. The Kier molecular flexibility index (Phi) is 5.50. The summed E-state index contributed by atoms with van der Waals surface area (Å²) in [4.78, 5) is 12.4. The van der Waals surface area contributed by atoms with Crippen molar-refractivity contribution < 1.29 is 17.9 Å². The summed E-state index contributed by atoms with van der Waals surface area (Å²) in [6.07, 6.45) is 1.66. The van der Waals surface area contributed by atoms with Gasteiger partial charge in [0, 0.05) is 24.3 Å². The van der Waals surface area contributed by atoms with E-state index in [0.29, 0.717) is 24.5 Å². The van der Waals surface area contributed by atoms with Gasteiger partial charge in [0.25, 0.3) is 5.91 Å². The third-order valence-corrected chi connectivity index (χ3v) is 6.60. The number of nitrogens with zero attached hydrogens (tertiary/aromatic N) is 1. The van der Waals surface area contributed by atoms with Gasteiger partial charge in [0.1, 0.15) is 10.6 Å². The SMILES string of the molecule is COc1ccc(NC(=O)c2ccc(Cl)c(S(=O)(=O)N3CCCC3)c2)cc1. The number of ether oxygens (including phenoxy) is 1. The second-order valence-electron chi connectivity index (χ2n) is 5.94. The molecule has 0 aromatic heterocycles. The van der Waals surface area contributed by atoms with Gasteiger partial charge in [-0.05, 0) is 55.3 Å². The molecule has 8 heteroatoms. The summed E-state index contributed by atoms with van der Waals surface area (Å²) >= 11 is 6.11. The number of amides is 1. The number of anilines is 1. The topological polar surface area (TPSA) is 75.7 Å². The van der Waals surface area contributed by atoms with Gasteiger partial charge >= 0.3 is 0 Å². The fourth-order valence-electron chi connectivity index (χ4n) is 2.79.